The number of halogens is 1. The van der Waals surface area contributed by atoms with E-state index in [0.717, 1.165) is 18.4 Å². The molecule has 0 fully saturated rings. The monoisotopic (exact) mass is 606 g/mol. The van der Waals surface area contributed by atoms with Gasteiger partial charge in [0.05, 0.1) is 0 Å². The summed E-state index contributed by atoms with van der Waals surface area (Å²) in [6, 6.07) is 28.2. The van der Waals surface area contributed by atoms with Gasteiger partial charge in [-0.05, 0) is 98.7 Å². The fourth-order valence-electron chi connectivity index (χ4n) is 6.77. The van der Waals surface area contributed by atoms with Crippen molar-refractivity contribution < 1.29 is 0 Å². The molecule has 4 aromatic carbocycles. The van der Waals surface area contributed by atoms with E-state index in [-0.39, 0.29) is 0 Å². The van der Waals surface area contributed by atoms with E-state index in [1.165, 1.54) is 104 Å². The first-order chi connectivity index (χ1) is 20.0. The zero-order chi connectivity index (χ0) is 28.5. The largest absolute Gasteiger partial charge is 0.340 e. The van der Waals surface area contributed by atoms with Gasteiger partial charge in [0.1, 0.15) is 0 Å². The Bertz CT molecular complexity index is 1840. The molecule has 0 amide bonds. The van der Waals surface area contributed by atoms with Crippen molar-refractivity contribution in [2.75, 3.05) is 5.33 Å². The summed E-state index contributed by atoms with van der Waals surface area (Å²) >= 11 is 3.61. The molecule has 0 radical (unpaired) electrons. The Morgan fingerprint density at radius 2 is 1.12 bits per heavy atom. The molecular weight excluding hydrogens is 564 g/mol. The third-order valence-electron chi connectivity index (χ3n) is 9.12. The van der Waals surface area contributed by atoms with E-state index in [0.29, 0.717) is 5.92 Å². The van der Waals surface area contributed by atoms with Gasteiger partial charge < -0.3 is 9.13 Å². The van der Waals surface area contributed by atoms with Crippen molar-refractivity contribution in [1.29, 1.82) is 0 Å². The Balaban J connectivity index is 1.48. The lowest BCUT2D eigenvalue weighted by Gasteiger charge is -2.17. The molecule has 41 heavy (non-hydrogen) atoms. The topological polar surface area (TPSA) is 9.86 Å². The smallest absolute Gasteiger partial charge is 0.0491 e. The van der Waals surface area contributed by atoms with E-state index in [1.807, 2.05) is 0 Å². The Kier molecular flexibility index (Phi) is 8.26. The van der Waals surface area contributed by atoms with Crippen LogP contribution in [-0.2, 0) is 13.1 Å². The lowest BCUT2D eigenvalue weighted by molar-refractivity contribution is 0.401. The van der Waals surface area contributed by atoms with Gasteiger partial charge in [-0.3, -0.25) is 0 Å². The molecule has 0 aliphatic carbocycles. The standard InChI is InChI=1S/C38H43BrN2/c1-5-7-10-28(6-2)25-41-37-16-12-27(4)22-32(37)34-24-30(14-18-38(34)41)29-13-17-36-33(23-29)31-21-26(3)11-15-35(31)40(36)20-9-8-19-39/h11-18,21-24,28H,5-10,19-20,25H2,1-4H3. The summed E-state index contributed by atoms with van der Waals surface area (Å²) < 4.78 is 5.13. The molecule has 0 aliphatic rings. The fourth-order valence-corrected chi connectivity index (χ4v) is 7.17. The third-order valence-corrected chi connectivity index (χ3v) is 9.68. The highest BCUT2D eigenvalue weighted by Gasteiger charge is 2.17. The Labute approximate surface area is 253 Å². The molecule has 6 rings (SSSR count). The first-order valence-electron chi connectivity index (χ1n) is 15.6. The number of hydrogen-bond donors (Lipinski definition) is 0. The third kappa shape index (κ3) is 5.34. The number of fused-ring (bicyclic) bond motifs is 6. The fraction of sp³-hybridized carbons (Fsp3) is 0.368. The highest BCUT2D eigenvalue weighted by Crippen LogP contribution is 2.37. The number of aryl methyl sites for hydroxylation is 3. The van der Waals surface area contributed by atoms with Gasteiger partial charge in [-0.1, -0.05) is 84.4 Å². The lowest BCUT2D eigenvalue weighted by atomic mass is 9.99. The first-order valence-corrected chi connectivity index (χ1v) is 16.8. The molecule has 0 bridgehead atoms. The number of benzene rings is 4. The van der Waals surface area contributed by atoms with Crippen LogP contribution in [0.4, 0.5) is 0 Å². The number of nitrogens with zero attached hydrogens (tertiary/aromatic N) is 2. The maximum Gasteiger partial charge on any atom is 0.0491 e. The van der Waals surface area contributed by atoms with Crippen molar-refractivity contribution in [1.82, 2.24) is 9.13 Å². The number of rotatable bonds is 11. The van der Waals surface area contributed by atoms with Crippen LogP contribution >= 0.6 is 15.9 Å². The summed E-state index contributed by atoms with van der Waals surface area (Å²) in [5, 5.41) is 6.54. The quantitative estimate of drug-likeness (QED) is 0.102. The van der Waals surface area contributed by atoms with E-state index < -0.39 is 0 Å². The molecule has 1 atom stereocenters. The molecule has 2 aromatic heterocycles. The maximum absolute atomic E-state index is 3.61. The van der Waals surface area contributed by atoms with Crippen LogP contribution in [0.5, 0.6) is 0 Å². The molecule has 212 valence electrons. The zero-order valence-electron chi connectivity index (χ0n) is 25.1. The lowest BCUT2D eigenvalue weighted by Crippen LogP contribution is -2.10. The molecule has 0 spiro atoms. The van der Waals surface area contributed by atoms with Gasteiger partial charge in [-0.2, -0.15) is 0 Å². The van der Waals surface area contributed by atoms with E-state index >= 15 is 0 Å². The van der Waals surface area contributed by atoms with Crippen LogP contribution in [0.1, 0.15) is 63.5 Å². The second-order valence-electron chi connectivity index (χ2n) is 12.1. The molecule has 0 aliphatic heterocycles. The van der Waals surface area contributed by atoms with Crippen LogP contribution in [0.25, 0.3) is 54.7 Å². The minimum Gasteiger partial charge on any atom is -0.340 e. The Morgan fingerprint density at radius 1 is 0.610 bits per heavy atom. The minimum absolute atomic E-state index is 0.715. The molecule has 6 aromatic rings. The summed E-state index contributed by atoms with van der Waals surface area (Å²) in [6.07, 6.45) is 7.49. The highest BCUT2D eigenvalue weighted by atomic mass is 79.9. The summed E-state index contributed by atoms with van der Waals surface area (Å²) in [5.74, 6) is 0.715. The van der Waals surface area contributed by atoms with Crippen LogP contribution in [0, 0.1) is 19.8 Å². The van der Waals surface area contributed by atoms with Crippen molar-refractivity contribution in [3.63, 3.8) is 0 Å². The molecule has 0 N–H and O–H groups in total. The van der Waals surface area contributed by atoms with Crippen molar-refractivity contribution >= 4 is 59.5 Å². The molecule has 2 nitrogen and oxygen atoms in total. The van der Waals surface area contributed by atoms with Crippen molar-refractivity contribution in [2.45, 2.75) is 79.3 Å². The van der Waals surface area contributed by atoms with Crippen molar-refractivity contribution in [3.05, 3.63) is 83.9 Å². The van der Waals surface area contributed by atoms with Gasteiger partial charge >= 0.3 is 0 Å². The molecular formula is C38H43BrN2. The molecule has 0 saturated heterocycles. The average molecular weight is 608 g/mol. The number of hydrogen-bond acceptors (Lipinski definition) is 0. The van der Waals surface area contributed by atoms with E-state index in [1.54, 1.807) is 0 Å². The van der Waals surface area contributed by atoms with Crippen LogP contribution in [0.2, 0.25) is 0 Å². The molecule has 2 heterocycles. The summed E-state index contributed by atoms with van der Waals surface area (Å²) in [6.45, 7) is 11.2. The van der Waals surface area contributed by atoms with Crippen LogP contribution in [-0.4, -0.2) is 14.5 Å². The van der Waals surface area contributed by atoms with Crippen molar-refractivity contribution in [3.8, 4) is 11.1 Å². The van der Waals surface area contributed by atoms with Gasteiger partial charge in [0, 0.05) is 62.0 Å². The molecule has 0 saturated carbocycles. The number of alkyl halides is 1. The van der Waals surface area contributed by atoms with Gasteiger partial charge in [0.2, 0.25) is 0 Å². The van der Waals surface area contributed by atoms with Gasteiger partial charge in [-0.15, -0.1) is 0 Å². The average Bonchev–Trinajstić information content (AvgIpc) is 3.45. The number of aromatic nitrogens is 2. The summed E-state index contributed by atoms with van der Waals surface area (Å²) in [5.41, 5.74) is 10.7. The normalized spacial score (nSPS) is 12.8. The van der Waals surface area contributed by atoms with Crippen molar-refractivity contribution in [2.24, 2.45) is 5.92 Å². The highest BCUT2D eigenvalue weighted by molar-refractivity contribution is 9.09. The summed E-state index contributed by atoms with van der Waals surface area (Å²) in [4.78, 5) is 0. The first kappa shape index (κ1) is 28.1. The van der Waals surface area contributed by atoms with Crippen LogP contribution in [0.3, 0.4) is 0 Å². The minimum atomic E-state index is 0.715. The van der Waals surface area contributed by atoms with E-state index in [4.69, 9.17) is 0 Å². The van der Waals surface area contributed by atoms with Crippen LogP contribution in [0.15, 0.2) is 72.8 Å². The molecule has 1 unspecified atom stereocenters. The second kappa shape index (κ2) is 12.1. The van der Waals surface area contributed by atoms with E-state index in [9.17, 15) is 0 Å². The summed E-state index contributed by atoms with van der Waals surface area (Å²) in [7, 11) is 0. The Hall–Kier alpha value is -3.04. The zero-order valence-corrected chi connectivity index (χ0v) is 26.7. The Morgan fingerprint density at radius 3 is 1.63 bits per heavy atom. The van der Waals surface area contributed by atoms with E-state index in [2.05, 4.69) is 126 Å². The maximum atomic E-state index is 3.61. The molecule has 3 heteroatoms. The predicted molar refractivity (Wildman–Crippen MR) is 184 cm³/mol. The second-order valence-corrected chi connectivity index (χ2v) is 12.9. The van der Waals surface area contributed by atoms with Gasteiger partial charge in [-0.25, -0.2) is 0 Å². The van der Waals surface area contributed by atoms with Gasteiger partial charge in [0.25, 0.3) is 0 Å². The predicted octanol–water partition coefficient (Wildman–Crippen LogP) is 11.6. The SMILES string of the molecule is CCCCC(CC)Cn1c2ccc(C)cc2c2cc(-c3ccc4c(c3)c3cc(C)ccc3n4CCCCBr)ccc21. The van der Waals surface area contributed by atoms with Crippen LogP contribution < -0.4 is 0 Å². The number of unbranched alkanes of at least 4 members (excludes halogenated alkanes) is 2. The van der Waals surface area contributed by atoms with Gasteiger partial charge in [0.15, 0.2) is 0 Å².